The molecule has 0 unspecified atom stereocenters. The highest BCUT2D eigenvalue weighted by molar-refractivity contribution is 7.90. The van der Waals surface area contributed by atoms with Crippen molar-refractivity contribution in [1.82, 2.24) is 19.8 Å². The molecule has 3 N–H and O–H groups in total. The Morgan fingerprint density at radius 1 is 0.796 bits per heavy atom. The lowest BCUT2D eigenvalue weighted by molar-refractivity contribution is -0.137. The topological polar surface area (TPSA) is 147 Å². The number of hydrogen-bond donors (Lipinski definition) is 3. The van der Waals surface area contributed by atoms with E-state index in [4.69, 9.17) is 4.55 Å². The SMILES string of the molecule is Cc1ccc(S(=O)(=O)O)cc1.Cc1nn(-c2ccc(CCNC(=O)NS(=O)(=O)c3ccc(C(F)(F)F)cc3)cc2)c(C)c1-c1ccccc1. The van der Waals surface area contributed by atoms with Crippen molar-refractivity contribution in [3.8, 4) is 16.8 Å². The van der Waals surface area contributed by atoms with Crippen LogP contribution in [0.15, 0.2) is 113 Å². The maximum atomic E-state index is 12.7. The Hall–Kier alpha value is -4.99. The van der Waals surface area contributed by atoms with Crippen LogP contribution in [0.3, 0.4) is 0 Å². The number of urea groups is 1. The summed E-state index contributed by atoms with van der Waals surface area (Å²) in [6.45, 7) is 5.96. The zero-order chi connectivity index (χ0) is 36.0. The summed E-state index contributed by atoms with van der Waals surface area (Å²) in [5.74, 6) is 0. The van der Waals surface area contributed by atoms with Crippen LogP contribution in [0.4, 0.5) is 18.0 Å². The maximum absolute atomic E-state index is 12.7. The summed E-state index contributed by atoms with van der Waals surface area (Å²) in [6.07, 6.45) is -4.16. The zero-order valence-electron chi connectivity index (χ0n) is 26.6. The first-order valence-electron chi connectivity index (χ1n) is 14.7. The third kappa shape index (κ3) is 9.78. The van der Waals surface area contributed by atoms with Crippen molar-refractivity contribution < 1.29 is 39.4 Å². The molecular weight excluding hydrogens is 682 g/mol. The molecule has 0 saturated heterocycles. The number of halogens is 3. The molecule has 1 heterocycles. The molecule has 49 heavy (non-hydrogen) atoms. The lowest BCUT2D eigenvalue weighted by Crippen LogP contribution is -2.40. The van der Waals surface area contributed by atoms with E-state index >= 15 is 0 Å². The summed E-state index contributed by atoms with van der Waals surface area (Å²) in [4.78, 5) is 11.6. The van der Waals surface area contributed by atoms with Crippen LogP contribution in [0.25, 0.3) is 16.8 Å². The first-order valence-corrected chi connectivity index (χ1v) is 17.6. The van der Waals surface area contributed by atoms with Crippen molar-refractivity contribution in [2.24, 2.45) is 0 Å². The van der Waals surface area contributed by atoms with Crippen LogP contribution >= 0.6 is 0 Å². The van der Waals surface area contributed by atoms with Gasteiger partial charge in [-0.15, -0.1) is 0 Å². The smallest absolute Gasteiger partial charge is 0.337 e. The van der Waals surface area contributed by atoms with Crippen molar-refractivity contribution in [1.29, 1.82) is 0 Å². The number of amides is 2. The van der Waals surface area contributed by atoms with Crippen LogP contribution in [-0.2, 0) is 32.7 Å². The van der Waals surface area contributed by atoms with Gasteiger partial charge in [0.25, 0.3) is 20.1 Å². The summed E-state index contributed by atoms with van der Waals surface area (Å²) in [5.41, 5.74) is 5.85. The van der Waals surface area contributed by atoms with Crippen LogP contribution in [0.2, 0.25) is 0 Å². The summed E-state index contributed by atoms with van der Waals surface area (Å²) in [6, 6.07) is 25.5. The van der Waals surface area contributed by atoms with Gasteiger partial charge in [0.15, 0.2) is 0 Å². The maximum Gasteiger partial charge on any atom is 0.416 e. The standard InChI is InChI=1S/C27H25F3N4O3S.C7H8O3S/c1-18-25(21-6-4-3-5-7-21)19(2)34(32-18)23-12-8-20(9-13-23)16-17-31-26(35)33-38(36,37)24-14-10-22(11-15-24)27(28,29)30;1-6-2-4-7(5-3-6)11(8,9)10/h3-15H,16-17H2,1-2H3,(H2,31,33,35);2-5H,1H3,(H,8,9,10). The number of carbonyl (C=O) groups is 1. The molecule has 0 aliphatic rings. The van der Waals surface area contributed by atoms with Crippen molar-refractivity contribution >= 4 is 26.2 Å². The second kappa shape index (κ2) is 15.1. The molecule has 0 saturated carbocycles. The Balaban J connectivity index is 0.000000418. The van der Waals surface area contributed by atoms with Gasteiger partial charge in [0.1, 0.15) is 0 Å². The molecule has 0 atom stereocenters. The number of benzene rings is 4. The third-order valence-electron chi connectivity index (χ3n) is 7.27. The molecule has 0 fully saturated rings. The zero-order valence-corrected chi connectivity index (χ0v) is 28.2. The first kappa shape index (κ1) is 36.8. The van der Waals surface area contributed by atoms with E-state index in [1.807, 2.05) is 80.1 Å². The number of hydrogen-bond acceptors (Lipinski definition) is 6. The largest absolute Gasteiger partial charge is 0.416 e. The van der Waals surface area contributed by atoms with Gasteiger partial charge in [0, 0.05) is 17.8 Å². The lowest BCUT2D eigenvalue weighted by atomic mass is 10.0. The molecule has 10 nitrogen and oxygen atoms in total. The molecule has 0 radical (unpaired) electrons. The normalized spacial score (nSPS) is 11.7. The van der Waals surface area contributed by atoms with Crippen molar-refractivity contribution in [2.45, 2.75) is 43.2 Å². The minimum Gasteiger partial charge on any atom is -0.337 e. The van der Waals surface area contributed by atoms with Crippen molar-refractivity contribution in [2.75, 3.05) is 6.54 Å². The number of sulfonamides is 1. The van der Waals surface area contributed by atoms with Gasteiger partial charge in [-0.05, 0) is 86.8 Å². The molecule has 15 heteroatoms. The molecule has 5 aromatic rings. The van der Waals surface area contributed by atoms with E-state index in [1.54, 1.807) is 16.9 Å². The third-order valence-corrected chi connectivity index (χ3v) is 9.49. The van der Waals surface area contributed by atoms with E-state index in [0.717, 1.165) is 51.5 Å². The van der Waals surface area contributed by atoms with Crippen molar-refractivity contribution in [3.05, 3.63) is 131 Å². The van der Waals surface area contributed by atoms with Crippen LogP contribution in [0.1, 0.15) is 28.1 Å². The Bertz CT molecular complexity index is 2120. The molecule has 4 aromatic carbocycles. The van der Waals surface area contributed by atoms with Gasteiger partial charge in [0.2, 0.25) is 0 Å². The summed E-state index contributed by atoms with van der Waals surface area (Å²) in [5, 5.41) is 7.14. The van der Waals surface area contributed by atoms with Crippen LogP contribution in [-0.4, -0.2) is 43.7 Å². The average Bonchev–Trinajstić information content (AvgIpc) is 3.34. The number of rotatable bonds is 8. The second-order valence-corrected chi connectivity index (χ2v) is 14.0. The molecule has 5 rings (SSSR count). The predicted octanol–water partition coefficient (Wildman–Crippen LogP) is 6.65. The Kier molecular flexibility index (Phi) is 11.3. The number of nitrogens with one attached hydrogen (secondary N) is 2. The molecule has 0 bridgehead atoms. The molecule has 2 amide bonds. The summed E-state index contributed by atoms with van der Waals surface area (Å²) in [7, 11) is -8.34. The number of nitrogens with zero attached hydrogens (tertiary/aromatic N) is 2. The fourth-order valence-corrected chi connectivity index (χ4v) is 6.20. The van der Waals surface area contributed by atoms with Gasteiger partial charge in [-0.1, -0.05) is 60.2 Å². The fraction of sp³-hybridized carbons (Fsp3) is 0.176. The molecule has 258 valence electrons. The fourth-order valence-electron chi connectivity index (χ4n) is 4.79. The van der Waals surface area contributed by atoms with E-state index in [0.29, 0.717) is 18.6 Å². The van der Waals surface area contributed by atoms with Gasteiger partial charge in [-0.3, -0.25) is 4.55 Å². The number of carbonyl (C=O) groups excluding carboxylic acids is 1. The first-order chi connectivity index (χ1) is 23.0. The van der Waals surface area contributed by atoms with Gasteiger partial charge in [-0.25, -0.2) is 22.6 Å². The van der Waals surface area contributed by atoms with E-state index in [1.165, 1.54) is 12.1 Å². The van der Waals surface area contributed by atoms with Gasteiger partial charge >= 0.3 is 12.2 Å². The minimum absolute atomic E-state index is 0.0666. The van der Waals surface area contributed by atoms with Gasteiger partial charge < -0.3 is 5.32 Å². The highest BCUT2D eigenvalue weighted by atomic mass is 32.2. The second-order valence-electron chi connectivity index (χ2n) is 10.9. The average molecular weight is 715 g/mol. The Morgan fingerprint density at radius 3 is 1.92 bits per heavy atom. The van der Waals surface area contributed by atoms with Gasteiger partial charge in [-0.2, -0.15) is 26.7 Å². The molecule has 1 aromatic heterocycles. The van der Waals surface area contributed by atoms with Crippen LogP contribution in [0, 0.1) is 20.8 Å². The van der Waals surface area contributed by atoms with E-state index in [2.05, 4.69) is 10.4 Å². The van der Waals surface area contributed by atoms with Gasteiger partial charge in [0.05, 0.1) is 26.7 Å². The molecular formula is C34H33F3N4O6S2. The summed E-state index contributed by atoms with van der Waals surface area (Å²) >= 11 is 0. The Morgan fingerprint density at radius 2 is 1.37 bits per heavy atom. The minimum atomic E-state index is -4.59. The predicted molar refractivity (Wildman–Crippen MR) is 178 cm³/mol. The molecule has 0 aliphatic heterocycles. The van der Waals surface area contributed by atoms with Crippen LogP contribution in [0.5, 0.6) is 0 Å². The number of aryl methyl sites for hydroxylation is 2. The van der Waals surface area contributed by atoms with E-state index in [9.17, 15) is 34.8 Å². The highest BCUT2D eigenvalue weighted by Crippen LogP contribution is 2.30. The lowest BCUT2D eigenvalue weighted by Gasteiger charge is -2.11. The summed E-state index contributed by atoms with van der Waals surface area (Å²) < 4.78 is 95.9. The van der Waals surface area contributed by atoms with E-state index < -0.39 is 42.8 Å². The van der Waals surface area contributed by atoms with Crippen LogP contribution < -0.4 is 10.0 Å². The van der Waals surface area contributed by atoms with E-state index in [-0.39, 0.29) is 11.4 Å². The quantitative estimate of drug-likeness (QED) is 0.153. The molecule has 0 aliphatic carbocycles. The highest BCUT2D eigenvalue weighted by Gasteiger charge is 2.31. The molecule has 0 spiro atoms. The number of aromatic nitrogens is 2. The monoisotopic (exact) mass is 714 g/mol. The number of alkyl halides is 3. The Labute approximate surface area is 282 Å². The van der Waals surface area contributed by atoms with Crippen molar-refractivity contribution in [3.63, 3.8) is 0 Å².